The molecular formula is C20H26N2O. The Morgan fingerprint density at radius 1 is 1.09 bits per heavy atom. The molecule has 0 aliphatic heterocycles. The van der Waals surface area contributed by atoms with Crippen molar-refractivity contribution in [3.8, 4) is 11.3 Å². The summed E-state index contributed by atoms with van der Waals surface area (Å²) >= 11 is 0. The van der Waals surface area contributed by atoms with Gasteiger partial charge in [-0.15, -0.1) is 0 Å². The van der Waals surface area contributed by atoms with E-state index < -0.39 is 0 Å². The molecule has 2 rings (SSSR count). The highest BCUT2D eigenvalue weighted by Crippen LogP contribution is 2.19. The lowest BCUT2D eigenvalue weighted by Gasteiger charge is -2.08. The zero-order valence-electron chi connectivity index (χ0n) is 14.4. The van der Waals surface area contributed by atoms with Crippen LogP contribution in [-0.4, -0.2) is 15.8 Å². The highest BCUT2D eigenvalue weighted by Gasteiger charge is 2.10. The number of aromatic nitrogens is 2. The third-order valence-electron chi connectivity index (χ3n) is 4.23. The van der Waals surface area contributed by atoms with Crippen molar-refractivity contribution in [2.45, 2.75) is 52.9 Å². The second-order valence-corrected chi connectivity index (χ2v) is 6.21. The van der Waals surface area contributed by atoms with Crippen molar-refractivity contribution in [3.63, 3.8) is 0 Å². The summed E-state index contributed by atoms with van der Waals surface area (Å²) in [4.78, 5) is 21.1. The first-order valence-corrected chi connectivity index (χ1v) is 8.58. The highest BCUT2D eigenvalue weighted by atomic mass is 16.1. The van der Waals surface area contributed by atoms with Crippen LogP contribution in [0.3, 0.4) is 0 Å². The Kier molecular flexibility index (Phi) is 6.45. The molecular weight excluding hydrogens is 284 g/mol. The van der Waals surface area contributed by atoms with E-state index in [0.717, 1.165) is 48.2 Å². The summed E-state index contributed by atoms with van der Waals surface area (Å²) < 4.78 is 0. The van der Waals surface area contributed by atoms with E-state index in [0.29, 0.717) is 12.3 Å². The smallest absolute Gasteiger partial charge is 0.163 e. The topological polar surface area (TPSA) is 42.9 Å². The van der Waals surface area contributed by atoms with E-state index in [1.165, 1.54) is 0 Å². The quantitative estimate of drug-likeness (QED) is 0.637. The predicted molar refractivity (Wildman–Crippen MR) is 94.5 cm³/mol. The zero-order chi connectivity index (χ0) is 16.7. The maximum atomic E-state index is 12.2. The molecule has 23 heavy (non-hydrogen) atoms. The van der Waals surface area contributed by atoms with Crippen LogP contribution in [0.15, 0.2) is 36.7 Å². The molecule has 0 spiro atoms. The van der Waals surface area contributed by atoms with Crippen molar-refractivity contribution < 1.29 is 4.79 Å². The molecule has 1 heterocycles. The van der Waals surface area contributed by atoms with Crippen molar-refractivity contribution >= 4 is 5.78 Å². The largest absolute Gasteiger partial charge is 0.294 e. The maximum Gasteiger partial charge on any atom is 0.163 e. The molecule has 0 aliphatic rings. The fourth-order valence-electron chi connectivity index (χ4n) is 2.40. The van der Waals surface area contributed by atoms with Gasteiger partial charge < -0.3 is 0 Å². The van der Waals surface area contributed by atoms with Gasteiger partial charge in [0.25, 0.3) is 0 Å². The Morgan fingerprint density at radius 3 is 2.39 bits per heavy atom. The summed E-state index contributed by atoms with van der Waals surface area (Å²) in [5.41, 5.74) is 3.67. The lowest BCUT2D eigenvalue weighted by atomic mass is 9.97. The number of nitrogens with zero attached hydrogens (tertiary/aromatic N) is 2. The molecule has 122 valence electrons. The monoisotopic (exact) mass is 310 g/mol. The average Bonchev–Trinajstić information content (AvgIpc) is 2.60. The molecule has 0 aliphatic carbocycles. The number of aryl methyl sites for hydroxylation is 1. The molecule has 1 unspecified atom stereocenters. The number of unbranched alkanes of at least 4 members (excludes halogenated alkanes) is 1. The third kappa shape index (κ3) is 4.98. The molecule has 1 aromatic heterocycles. The van der Waals surface area contributed by atoms with Gasteiger partial charge in [-0.25, -0.2) is 0 Å². The molecule has 2 aromatic rings. The molecule has 0 bridgehead atoms. The van der Waals surface area contributed by atoms with E-state index in [-0.39, 0.29) is 5.78 Å². The summed E-state index contributed by atoms with van der Waals surface area (Å²) in [6, 6.07) is 7.71. The molecule has 0 radical (unpaired) electrons. The third-order valence-corrected chi connectivity index (χ3v) is 4.23. The van der Waals surface area contributed by atoms with Gasteiger partial charge in [0.05, 0.1) is 17.6 Å². The van der Waals surface area contributed by atoms with Crippen LogP contribution in [0.1, 0.15) is 62.5 Å². The van der Waals surface area contributed by atoms with Crippen molar-refractivity contribution in [1.29, 1.82) is 0 Å². The van der Waals surface area contributed by atoms with Crippen LogP contribution in [0.5, 0.6) is 0 Å². The maximum absolute atomic E-state index is 12.2. The minimum atomic E-state index is 0.215. The Bertz CT molecular complexity index is 617. The van der Waals surface area contributed by atoms with E-state index >= 15 is 0 Å². The Labute approximate surface area is 139 Å². The van der Waals surface area contributed by atoms with Gasteiger partial charge in [-0.2, -0.15) is 0 Å². The molecule has 3 nitrogen and oxygen atoms in total. The first-order valence-electron chi connectivity index (χ1n) is 8.58. The number of benzene rings is 1. The van der Waals surface area contributed by atoms with Crippen LogP contribution in [-0.2, 0) is 6.42 Å². The lowest BCUT2D eigenvalue weighted by molar-refractivity contribution is 0.0963. The number of carbonyl (C=O) groups excluding carboxylic acids is 1. The van der Waals surface area contributed by atoms with Crippen LogP contribution >= 0.6 is 0 Å². The summed E-state index contributed by atoms with van der Waals surface area (Å²) in [5.74, 6) is 0.649. The van der Waals surface area contributed by atoms with Gasteiger partial charge in [-0.05, 0) is 18.8 Å². The molecule has 0 N–H and O–H groups in total. The van der Waals surface area contributed by atoms with Gasteiger partial charge in [-0.1, -0.05) is 57.9 Å². The Balaban J connectivity index is 2.05. The number of rotatable bonds is 8. The minimum Gasteiger partial charge on any atom is -0.294 e. The zero-order valence-corrected chi connectivity index (χ0v) is 14.4. The first-order chi connectivity index (χ1) is 11.1. The van der Waals surface area contributed by atoms with E-state index in [1.54, 1.807) is 0 Å². The summed E-state index contributed by atoms with van der Waals surface area (Å²) in [6.07, 6.45) is 8.60. The Morgan fingerprint density at radius 2 is 1.83 bits per heavy atom. The lowest BCUT2D eigenvalue weighted by Crippen LogP contribution is -2.05. The molecule has 0 amide bonds. The van der Waals surface area contributed by atoms with Crippen LogP contribution < -0.4 is 0 Å². The molecule has 0 saturated carbocycles. The molecule has 3 heteroatoms. The van der Waals surface area contributed by atoms with Gasteiger partial charge in [-0.3, -0.25) is 14.8 Å². The average molecular weight is 310 g/mol. The van der Waals surface area contributed by atoms with Gasteiger partial charge in [0, 0.05) is 23.7 Å². The van der Waals surface area contributed by atoms with Gasteiger partial charge in [0.2, 0.25) is 0 Å². The predicted octanol–water partition coefficient (Wildman–Crippen LogP) is 5.11. The van der Waals surface area contributed by atoms with Gasteiger partial charge in [0.1, 0.15) is 0 Å². The minimum absolute atomic E-state index is 0.215. The molecule has 1 atom stereocenters. The fraction of sp³-hybridized carbons (Fsp3) is 0.450. The number of hydrogen-bond donors (Lipinski definition) is 0. The second kappa shape index (κ2) is 8.56. The normalized spacial score (nSPS) is 12.1. The second-order valence-electron chi connectivity index (χ2n) is 6.21. The highest BCUT2D eigenvalue weighted by molar-refractivity contribution is 5.96. The molecule has 0 fully saturated rings. The number of hydrogen-bond acceptors (Lipinski definition) is 3. The van der Waals surface area contributed by atoms with Crippen molar-refractivity contribution in [2.24, 2.45) is 5.92 Å². The van der Waals surface area contributed by atoms with Crippen LogP contribution in [0.4, 0.5) is 0 Å². The van der Waals surface area contributed by atoms with E-state index in [4.69, 9.17) is 0 Å². The van der Waals surface area contributed by atoms with Gasteiger partial charge >= 0.3 is 0 Å². The van der Waals surface area contributed by atoms with Crippen molar-refractivity contribution in [3.05, 3.63) is 47.9 Å². The SMILES string of the molecule is CCCCc1cnc(-c2ccc(C(=O)CC(C)CC)cc2)cn1. The molecule has 0 saturated heterocycles. The van der Waals surface area contributed by atoms with Crippen LogP contribution in [0.2, 0.25) is 0 Å². The summed E-state index contributed by atoms with van der Waals surface area (Å²) in [5, 5.41) is 0. The fourth-order valence-corrected chi connectivity index (χ4v) is 2.40. The molecule has 1 aromatic carbocycles. The number of ketones is 1. The standard InChI is InChI=1S/C20H26N2O/c1-4-6-7-18-13-22-19(14-21-18)16-8-10-17(11-9-16)20(23)12-15(3)5-2/h8-11,13-15H,4-7,12H2,1-3H3. The van der Waals surface area contributed by atoms with E-state index in [9.17, 15) is 4.79 Å². The summed E-state index contributed by atoms with van der Waals surface area (Å²) in [7, 11) is 0. The Hall–Kier alpha value is -2.03. The van der Waals surface area contributed by atoms with E-state index in [1.807, 2.05) is 36.7 Å². The number of carbonyl (C=O) groups is 1. The summed E-state index contributed by atoms with van der Waals surface area (Å²) in [6.45, 7) is 6.40. The first kappa shape index (κ1) is 17.3. The van der Waals surface area contributed by atoms with Crippen molar-refractivity contribution in [1.82, 2.24) is 9.97 Å². The van der Waals surface area contributed by atoms with E-state index in [2.05, 4.69) is 30.7 Å². The van der Waals surface area contributed by atoms with Crippen LogP contribution in [0, 0.1) is 5.92 Å². The van der Waals surface area contributed by atoms with Crippen LogP contribution in [0.25, 0.3) is 11.3 Å². The van der Waals surface area contributed by atoms with Crippen molar-refractivity contribution in [2.75, 3.05) is 0 Å². The number of Topliss-reactive ketones (excluding diaryl/α,β-unsaturated/α-hetero) is 1. The van der Waals surface area contributed by atoms with Gasteiger partial charge in [0.15, 0.2) is 5.78 Å².